The quantitative estimate of drug-likeness (QED) is 0.875. The van der Waals surface area contributed by atoms with Crippen LogP contribution in [0.3, 0.4) is 0 Å². The van der Waals surface area contributed by atoms with Crippen LogP contribution in [0.2, 0.25) is 0 Å². The first-order chi connectivity index (χ1) is 9.20. The second-order valence-electron chi connectivity index (χ2n) is 5.27. The molecule has 5 heteroatoms. The summed E-state index contributed by atoms with van der Waals surface area (Å²) in [6.45, 7) is 3.39. The highest BCUT2D eigenvalue weighted by Gasteiger charge is 2.19. The van der Waals surface area contributed by atoms with Gasteiger partial charge in [-0.2, -0.15) is 5.10 Å². The maximum absolute atomic E-state index is 11.1. The van der Waals surface area contributed by atoms with Gasteiger partial charge in [-0.05, 0) is 25.8 Å². The number of amides is 2. The molecule has 1 aromatic heterocycles. The highest BCUT2D eigenvalue weighted by Crippen LogP contribution is 2.32. The molecular formula is C14H24N4O. The first-order valence-corrected chi connectivity index (χ1v) is 7.20. The Morgan fingerprint density at radius 3 is 2.84 bits per heavy atom. The molecule has 1 saturated carbocycles. The highest BCUT2D eigenvalue weighted by molar-refractivity contribution is 5.73. The number of nitrogens with zero attached hydrogens (tertiary/aromatic N) is 2. The zero-order valence-electron chi connectivity index (χ0n) is 11.9. The van der Waals surface area contributed by atoms with Crippen molar-refractivity contribution < 1.29 is 4.79 Å². The van der Waals surface area contributed by atoms with E-state index in [1.54, 1.807) is 7.05 Å². The van der Waals surface area contributed by atoms with Crippen LogP contribution < -0.4 is 10.6 Å². The lowest BCUT2D eigenvalue weighted by Gasteiger charge is -2.22. The number of hydrogen-bond acceptors (Lipinski definition) is 2. The summed E-state index contributed by atoms with van der Waals surface area (Å²) in [6.07, 6.45) is 6.56. The average molecular weight is 264 g/mol. The molecule has 0 bridgehead atoms. The number of nitrogens with one attached hydrogen (secondary N) is 2. The number of carbonyl (C=O) groups excluding carboxylic acids is 1. The Morgan fingerprint density at radius 2 is 2.16 bits per heavy atom. The molecular weight excluding hydrogens is 240 g/mol. The van der Waals surface area contributed by atoms with Crippen LogP contribution in [0.5, 0.6) is 0 Å². The second kappa shape index (κ2) is 6.59. The summed E-state index contributed by atoms with van der Waals surface area (Å²) in [7, 11) is 1.63. The van der Waals surface area contributed by atoms with E-state index in [9.17, 15) is 4.79 Å². The monoisotopic (exact) mass is 264 g/mol. The molecule has 1 fully saturated rings. The third-order valence-electron chi connectivity index (χ3n) is 3.79. The minimum atomic E-state index is -0.136. The first kappa shape index (κ1) is 13.9. The van der Waals surface area contributed by atoms with E-state index in [4.69, 9.17) is 0 Å². The fourth-order valence-corrected chi connectivity index (χ4v) is 2.84. The zero-order valence-corrected chi connectivity index (χ0v) is 11.9. The SMILES string of the molecule is CNC(=O)NCCn1nc(C)cc1C1CCCCC1. The predicted molar refractivity (Wildman–Crippen MR) is 75.2 cm³/mol. The van der Waals surface area contributed by atoms with Gasteiger partial charge in [-0.25, -0.2) is 4.79 Å². The van der Waals surface area contributed by atoms with Gasteiger partial charge in [-0.3, -0.25) is 4.68 Å². The lowest BCUT2D eigenvalue weighted by atomic mass is 9.87. The molecule has 0 radical (unpaired) electrons. The molecule has 2 amide bonds. The van der Waals surface area contributed by atoms with Crippen LogP contribution in [0.1, 0.15) is 49.4 Å². The maximum atomic E-state index is 11.1. The zero-order chi connectivity index (χ0) is 13.7. The van der Waals surface area contributed by atoms with Crippen molar-refractivity contribution in [1.29, 1.82) is 0 Å². The summed E-state index contributed by atoms with van der Waals surface area (Å²) in [5.41, 5.74) is 2.41. The second-order valence-corrected chi connectivity index (χ2v) is 5.27. The Bertz CT molecular complexity index is 421. The van der Waals surface area contributed by atoms with Crippen LogP contribution in [0.15, 0.2) is 6.07 Å². The molecule has 0 aromatic carbocycles. The van der Waals surface area contributed by atoms with Crippen molar-refractivity contribution in [1.82, 2.24) is 20.4 Å². The Hall–Kier alpha value is -1.52. The smallest absolute Gasteiger partial charge is 0.314 e. The molecule has 0 spiro atoms. The van der Waals surface area contributed by atoms with Gasteiger partial charge in [0.25, 0.3) is 0 Å². The topological polar surface area (TPSA) is 59.0 Å². The highest BCUT2D eigenvalue weighted by atomic mass is 16.2. The van der Waals surface area contributed by atoms with Gasteiger partial charge < -0.3 is 10.6 Å². The van der Waals surface area contributed by atoms with E-state index in [0.717, 1.165) is 12.2 Å². The normalized spacial score (nSPS) is 16.3. The molecule has 5 nitrogen and oxygen atoms in total. The van der Waals surface area contributed by atoms with Crippen molar-refractivity contribution in [2.75, 3.05) is 13.6 Å². The van der Waals surface area contributed by atoms with E-state index in [2.05, 4.69) is 26.5 Å². The Labute approximate surface area is 114 Å². The molecule has 0 atom stereocenters. The molecule has 2 N–H and O–H groups in total. The summed E-state index contributed by atoms with van der Waals surface area (Å²) >= 11 is 0. The number of carbonyl (C=O) groups is 1. The van der Waals surface area contributed by atoms with Crippen LogP contribution in [0, 0.1) is 6.92 Å². The number of aromatic nitrogens is 2. The molecule has 1 aromatic rings. The largest absolute Gasteiger partial charge is 0.341 e. The van der Waals surface area contributed by atoms with Crippen LogP contribution >= 0.6 is 0 Å². The summed E-state index contributed by atoms with van der Waals surface area (Å²) in [6, 6.07) is 2.07. The molecule has 0 unspecified atom stereocenters. The van der Waals surface area contributed by atoms with Gasteiger partial charge in [0.05, 0.1) is 12.2 Å². The summed E-state index contributed by atoms with van der Waals surface area (Å²) in [4.78, 5) is 11.1. The van der Waals surface area contributed by atoms with E-state index < -0.39 is 0 Å². The van der Waals surface area contributed by atoms with Gasteiger partial charge in [0, 0.05) is 25.2 Å². The van der Waals surface area contributed by atoms with Crippen LogP contribution in [0.25, 0.3) is 0 Å². The van der Waals surface area contributed by atoms with E-state index in [1.807, 2.05) is 6.92 Å². The molecule has 1 aliphatic rings. The van der Waals surface area contributed by atoms with Gasteiger partial charge in [0.15, 0.2) is 0 Å². The number of urea groups is 1. The molecule has 1 heterocycles. The molecule has 1 aliphatic carbocycles. The van der Waals surface area contributed by atoms with Crippen molar-refractivity contribution >= 4 is 6.03 Å². The number of aryl methyl sites for hydroxylation is 1. The summed E-state index contributed by atoms with van der Waals surface area (Å²) in [5, 5.41) is 9.92. The van der Waals surface area contributed by atoms with Crippen molar-refractivity contribution in [3.8, 4) is 0 Å². The molecule has 0 aliphatic heterocycles. The van der Waals surface area contributed by atoms with Gasteiger partial charge in [0.2, 0.25) is 0 Å². The van der Waals surface area contributed by atoms with Gasteiger partial charge in [0.1, 0.15) is 0 Å². The van der Waals surface area contributed by atoms with Crippen LogP contribution in [-0.2, 0) is 6.54 Å². The Balaban J connectivity index is 1.97. The standard InChI is InChI=1S/C14H24N4O/c1-11-10-13(12-6-4-3-5-7-12)18(17-11)9-8-16-14(19)15-2/h10,12H,3-9H2,1-2H3,(H2,15,16,19). The van der Waals surface area contributed by atoms with Crippen LogP contribution in [0.4, 0.5) is 4.79 Å². The van der Waals surface area contributed by atoms with E-state index in [-0.39, 0.29) is 6.03 Å². The third kappa shape index (κ3) is 3.72. The molecule has 106 valence electrons. The number of rotatable bonds is 4. The summed E-state index contributed by atoms with van der Waals surface area (Å²) in [5.74, 6) is 0.648. The fraction of sp³-hybridized carbons (Fsp3) is 0.714. The van der Waals surface area contributed by atoms with E-state index in [0.29, 0.717) is 12.5 Å². The molecule has 2 rings (SSSR count). The van der Waals surface area contributed by atoms with Gasteiger partial charge in [-0.15, -0.1) is 0 Å². The third-order valence-corrected chi connectivity index (χ3v) is 3.79. The minimum Gasteiger partial charge on any atom is -0.341 e. The van der Waals surface area contributed by atoms with Crippen LogP contribution in [-0.4, -0.2) is 29.4 Å². The van der Waals surface area contributed by atoms with Gasteiger partial charge >= 0.3 is 6.03 Å². The Kier molecular flexibility index (Phi) is 4.82. The average Bonchev–Trinajstić information content (AvgIpc) is 2.80. The number of hydrogen-bond donors (Lipinski definition) is 2. The van der Waals surface area contributed by atoms with Crippen molar-refractivity contribution in [2.24, 2.45) is 0 Å². The lowest BCUT2D eigenvalue weighted by molar-refractivity contribution is 0.242. The minimum absolute atomic E-state index is 0.136. The fourth-order valence-electron chi connectivity index (χ4n) is 2.84. The Morgan fingerprint density at radius 1 is 1.42 bits per heavy atom. The molecule has 19 heavy (non-hydrogen) atoms. The summed E-state index contributed by atoms with van der Waals surface area (Å²) < 4.78 is 2.07. The van der Waals surface area contributed by atoms with Gasteiger partial charge in [-0.1, -0.05) is 19.3 Å². The first-order valence-electron chi connectivity index (χ1n) is 7.20. The van der Waals surface area contributed by atoms with Crippen molar-refractivity contribution in [3.05, 3.63) is 17.5 Å². The maximum Gasteiger partial charge on any atom is 0.314 e. The molecule has 0 saturated heterocycles. The lowest BCUT2D eigenvalue weighted by Crippen LogP contribution is -2.35. The van der Waals surface area contributed by atoms with E-state index >= 15 is 0 Å². The van der Waals surface area contributed by atoms with Crippen molar-refractivity contribution in [2.45, 2.75) is 51.5 Å². The predicted octanol–water partition coefficient (Wildman–Crippen LogP) is 2.17. The van der Waals surface area contributed by atoms with Crippen molar-refractivity contribution in [3.63, 3.8) is 0 Å². The van der Waals surface area contributed by atoms with E-state index in [1.165, 1.54) is 37.8 Å².